The molecule has 2 heterocycles. The molecule has 26 heavy (non-hydrogen) atoms. The standard InChI is InChI=1S/C18H18N4O2S2/c1-3-10-22-17(14-8-6-11-24-14)20-21-18(22)26-12-16(23)19-13-7-4-5-9-15(13)25-2/h3-9,11H,1,10,12H2,2H3,(H,19,23). The summed E-state index contributed by atoms with van der Waals surface area (Å²) in [6, 6.07) is 11.3. The molecule has 1 aromatic carbocycles. The van der Waals surface area contributed by atoms with E-state index in [1.54, 1.807) is 30.2 Å². The molecule has 0 aliphatic heterocycles. The number of hydrogen-bond donors (Lipinski definition) is 1. The second-order valence-corrected chi connectivity index (χ2v) is 7.01. The molecule has 0 aliphatic carbocycles. The van der Waals surface area contributed by atoms with Crippen LogP contribution in [0.15, 0.2) is 69.8 Å². The van der Waals surface area contributed by atoms with Crippen molar-refractivity contribution in [2.45, 2.75) is 16.6 Å². The number of para-hydroxylation sites is 1. The third-order valence-corrected chi connectivity index (χ3v) is 5.25. The van der Waals surface area contributed by atoms with Gasteiger partial charge in [-0.3, -0.25) is 9.36 Å². The summed E-state index contributed by atoms with van der Waals surface area (Å²) < 4.78 is 7.28. The number of amides is 1. The first-order chi connectivity index (χ1) is 12.7. The summed E-state index contributed by atoms with van der Waals surface area (Å²) in [5.74, 6) is 1.38. The first-order valence-corrected chi connectivity index (χ1v) is 10.1. The normalized spacial score (nSPS) is 10.7. The van der Waals surface area contributed by atoms with Gasteiger partial charge in [-0.1, -0.05) is 30.0 Å². The van der Waals surface area contributed by atoms with Crippen LogP contribution in [0.25, 0.3) is 11.6 Å². The van der Waals surface area contributed by atoms with Crippen molar-refractivity contribution in [1.29, 1.82) is 0 Å². The molecule has 0 spiro atoms. The van der Waals surface area contributed by atoms with Crippen molar-refractivity contribution in [3.05, 3.63) is 55.3 Å². The van der Waals surface area contributed by atoms with E-state index in [9.17, 15) is 4.79 Å². The van der Waals surface area contributed by atoms with Crippen LogP contribution in [0.3, 0.4) is 0 Å². The number of anilines is 1. The molecular formula is C18H18N4O2S2. The Kier molecular flexibility index (Phi) is 6.19. The van der Waals surface area contributed by atoms with E-state index >= 15 is 0 Å². The smallest absolute Gasteiger partial charge is 0.234 e. The van der Waals surface area contributed by atoms with Crippen molar-refractivity contribution in [2.75, 3.05) is 17.3 Å². The van der Waals surface area contributed by atoms with Crippen LogP contribution in [0.5, 0.6) is 0 Å². The number of benzene rings is 1. The number of rotatable bonds is 8. The Morgan fingerprint density at radius 1 is 1.31 bits per heavy atom. The Balaban J connectivity index is 1.69. The molecular weight excluding hydrogens is 368 g/mol. The molecule has 1 N–H and O–H groups in total. The van der Waals surface area contributed by atoms with Crippen molar-refractivity contribution in [1.82, 2.24) is 14.8 Å². The highest BCUT2D eigenvalue weighted by Crippen LogP contribution is 2.26. The maximum absolute atomic E-state index is 12.3. The van der Waals surface area contributed by atoms with E-state index in [-0.39, 0.29) is 11.7 Å². The lowest BCUT2D eigenvalue weighted by Crippen LogP contribution is -2.15. The van der Waals surface area contributed by atoms with Gasteiger partial charge in [0.05, 0.1) is 17.7 Å². The van der Waals surface area contributed by atoms with Crippen molar-refractivity contribution in [3.8, 4) is 11.6 Å². The zero-order valence-electron chi connectivity index (χ0n) is 14.2. The number of nitrogens with zero attached hydrogens (tertiary/aromatic N) is 3. The van der Waals surface area contributed by atoms with Gasteiger partial charge in [0, 0.05) is 11.4 Å². The Morgan fingerprint density at radius 2 is 2.15 bits per heavy atom. The van der Waals surface area contributed by atoms with Crippen LogP contribution in [0.2, 0.25) is 0 Å². The second kappa shape index (κ2) is 8.77. The molecule has 0 aliphatic rings. The van der Waals surface area contributed by atoms with Crippen molar-refractivity contribution in [2.24, 2.45) is 0 Å². The third kappa shape index (κ3) is 4.20. The van der Waals surface area contributed by atoms with Gasteiger partial charge in [0.15, 0.2) is 10.9 Å². The van der Waals surface area contributed by atoms with E-state index in [2.05, 4.69) is 22.1 Å². The molecule has 0 unspecified atom stereocenters. The fraction of sp³-hybridized carbons (Fsp3) is 0.167. The predicted molar refractivity (Wildman–Crippen MR) is 105 cm³/mol. The molecule has 0 saturated carbocycles. The summed E-state index contributed by atoms with van der Waals surface area (Å²) in [4.78, 5) is 13.3. The molecule has 134 valence electrons. The first kappa shape index (κ1) is 18.3. The van der Waals surface area contributed by atoms with E-state index in [1.807, 2.05) is 41.2 Å². The molecule has 3 rings (SSSR count). The zero-order chi connectivity index (χ0) is 18.4. The summed E-state index contributed by atoms with van der Waals surface area (Å²) in [6.07, 6.45) is 5.33. The number of carbonyl (C=O) groups is 1. The van der Waals surface area contributed by atoms with Gasteiger partial charge in [0.1, 0.15) is 0 Å². The number of hydrogen-bond acceptors (Lipinski definition) is 6. The van der Waals surface area contributed by atoms with Crippen molar-refractivity contribution >= 4 is 35.1 Å². The number of aromatic nitrogens is 3. The van der Waals surface area contributed by atoms with Crippen LogP contribution in [0.1, 0.15) is 0 Å². The third-order valence-electron chi connectivity index (χ3n) is 3.48. The van der Waals surface area contributed by atoms with Crippen molar-refractivity contribution in [3.63, 3.8) is 0 Å². The molecule has 3 aromatic rings. The van der Waals surface area contributed by atoms with Crippen LogP contribution < -0.4 is 5.32 Å². The summed E-state index contributed by atoms with van der Waals surface area (Å²) in [5, 5.41) is 12.0. The number of nitrogens with one attached hydrogen (secondary N) is 1. The fourth-order valence-electron chi connectivity index (χ4n) is 2.34. The average Bonchev–Trinajstić information content (AvgIpc) is 3.30. The summed E-state index contributed by atoms with van der Waals surface area (Å²) in [7, 11) is 0. The highest BCUT2D eigenvalue weighted by Gasteiger charge is 2.16. The predicted octanol–water partition coefficient (Wildman–Crippen LogP) is 4.18. The second-order valence-electron chi connectivity index (χ2n) is 5.22. The van der Waals surface area contributed by atoms with Gasteiger partial charge in [-0.05, 0) is 30.5 Å². The fourth-order valence-corrected chi connectivity index (χ4v) is 3.64. The van der Waals surface area contributed by atoms with Crippen LogP contribution in [-0.2, 0) is 11.3 Å². The van der Waals surface area contributed by atoms with E-state index in [4.69, 9.17) is 4.42 Å². The average molecular weight is 387 g/mol. The van der Waals surface area contributed by atoms with Gasteiger partial charge in [-0.25, -0.2) is 0 Å². The molecule has 2 aromatic heterocycles. The number of allylic oxidation sites excluding steroid dienone is 1. The van der Waals surface area contributed by atoms with Gasteiger partial charge in [0.25, 0.3) is 0 Å². The highest BCUT2D eigenvalue weighted by atomic mass is 32.2. The van der Waals surface area contributed by atoms with Crippen LogP contribution >= 0.6 is 23.5 Å². The lowest BCUT2D eigenvalue weighted by atomic mass is 10.3. The minimum absolute atomic E-state index is 0.0933. The van der Waals surface area contributed by atoms with E-state index in [0.29, 0.717) is 23.3 Å². The van der Waals surface area contributed by atoms with Gasteiger partial charge in [-0.15, -0.1) is 28.5 Å². The zero-order valence-corrected chi connectivity index (χ0v) is 15.8. The van der Waals surface area contributed by atoms with Crippen LogP contribution in [-0.4, -0.2) is 32.7 Å². The lowest BCUT2D eigenvalue weighted by molar-refractivity contribution is -0.113. The van der Waals surface area contributed by atoms with Gasteiger partial charge < -0.3 is 9.73 Å². The number of furan rings is 1. The molecule has 0 saturated heterocycles. The Morgan fingerprint density at radius 3 is 2.88 bits per heavy atom. The largest absolute Gasteiger partial charge is 0.461 e. The maximum atomic E-state index is 12.3. The van der Waals surface area contributed by atoms with E-state index in [1.165, 1.54) is 11.8 Å². The monoisotopic (exact) mass is 386 g/mol. The van der Waals surface area contributed by atoms with Gasteiger partial charge >= 0.3 is 0 Å². The minimum atomic E-state index is -0.0933. The molecule has 0 fully saturated rings. The maximum Gasteiger partial charge on any atom is 0.234 e. The number of carbonyl (C=O) groups excluding carboxylic acids is 1. The molecule has 0 radical (unpaired) electrons. The molecule has 6 nitrogen and oxygen atoms in total. The van der Waals surface area contributed by atoms with Gasteiger partial charge in [0.2, 0.25) is 11.7 Å². The Labute approximate surface area is 160 Å². The summed E-state index contributed by atoms with van der Waals surface area (Å²) in [6.45, 7) is 4.30. The quantitative estimate of drug-likeness (QED) is 0.463. The summed E-state index contributed by atoms with van der Waals surface area (Å²) in [5.41, 5.74) is 0.814. The topological polar surface area (TPSA) is 73.0 Å². The molecule has 0 bridgehead atoms. The van der Waals surface area contributed by atoms with Crippen LogP contribution in [0, 0.1) is 0 Å². The van der Waals surface area contributed by atoms with E-state index in [0.717, 1.165) is 10.6 Å². The van der Waals surface area contributed by atoms with Crippen LogP contribution in [0.4, 0.5) is 5.69 Å². The lowest BCUT2D eigenvalue weighted by Gasteiger charge is -2.09. The molecule has 8 heteroatoms. The Bertz CT molecular complexity index is 890. The molecule has 0 atom stereocenters. The summed E-state index contributed by atoms with van der Waals surface area (Å²) >= 11 is 2.92. The minimum Gasteiger partial charge on any atom is -0.461 e. The SMILES string of the molecule is C=CCn1c(SCC(=O)Nc2ccccc2SC)nnc1-c1ccco1. The Hall–Kier alpha value is -2.45. The number of thioether (sulfide) groups is 2. The van der Waals surface area contributed by atoms with Crippen molar-refractivity contribution < 1.29 is 9.21 Å². The van der Waals surface area contributed by atoms with Gasteiger partial charge in [-0.2, -0.15) is 0 Å². The first-order valence-electron chi connectivity index (χ1n) is 7.86. The highest BCUT2D eigenvalue weighted by molar-refractivity contribution is 7.99. The molecule has 1 amide bonds. The van der Waals surface area contributed by atoms with E-state index < -0.39 is 0 Å².